The zero-order chi connectivity index (χ0) is 10.1. The second kappa shape index (κ2) is 3.31. The van der Waals surface area contributed by atoms with Gasteiger partial charge in [0.1, 0.15) is 0 Å². The van der Waals surface area contributed by atoms with E-state index in [1.807, 2.05) is 6.92 Å². The Morgan fingerprint density at radius 3 is 2.57 bits per heavy atom. The molecule has 2 aromatic rings. The first-order chi connectivity index (χ1) is 6.66. The minimum absolute atomic E-state index is 0.102. The van der Waals surface area contributed by atoms with Gasteiger partial charge in [-0.2, -0.15) is 0 Å². The third-order valence-electron chi connectivity index (χ3n) is 1.88. The fourth-order valence-corrected chi connectivity index (χ4v) is 1.95. The maximum atomic E-state index is 9.30. The molecule has 0 saturated carbocycles. The summed E-state index contributed by atoms with van der Waals surface area (Å²) in [7, 11) is 0. The normalized spacial score (nSPS) is 10.4. The van der Waals surface area contributed by atoms with Gasteiger partial charge in [-0.05, 0) is 30.7 Å². The van der Waals surface area contributed by atoms with Crippen LogP contribution in [0.15, 0.2) is 24.4 Å². The Kier molecular flexibility index (Phi) is 2.13. The second-order valence-electron chi connectivity index (χ2n) is 2.95. The summed E-state index contributed by atoms with van der Waals surface area (Å²) in [6.45, 7) is 1.93. The van der Waals surface area contributed by atoms with Crippen LogP contribution in [0, 0.1) is 6.92 Å². The second-order valence-corrected chi connectivity index (χ2v) is 4.18. The maximum Gasteiger partial charge on any atom is 0.158 e. The van der Waals surface area contributed by atoms with E-state index >= 15 is 0 Å². The van der Waals surface area contributed by atoms with E-state index in [9.17, 15) is 5.11 Å². The predicted octanol–water partition coefficient (Wildman–Crippen LogP) is 2.53. The Labute approximate surface area is 85.3 Å². The van der Waals surface area contributed by atoms with Crippen LogP contribution in [0.1, 0.15) is 5.01 Å². The summed E-state index contributed by atoms with van der Waals surface area (Å²) in [5.74, 6) is -0.205. The summed E-state index contributed by atoms with van der Waals surface area (Å²) in [5, 5.41) is 19.4. The highest BCUT2D eigenvalue weighted by Crippen LogP contribution is 2.32. The molecule has 0 aliphatic heterocycles. The lowest BCUT2D eigenvalue weighted by molar-refractivity contribution is 0.404. The van der Waals surface area contributed by atoms with Crippen molar-refractivity contribution in [2.75, 3.05) is 0 Å². The van der Waals surface area contributed by atoms with Gasteiger partial charge in [-0.3, -0.25) is 0 Å². The summed E-state index contributed by atoms with van der Waals surface area (Å²) in [6, 6.07) is 4.75. The van der Waals surface area contributed by atoms with Crippen molar-refractivity contribution in [2.24, 2.45) is 0 Å². The number of aryl methyl sites for hydroxylation is 1. The molecule has 0 saturated heterocycles. The van der Waals surface area contributed by atoms with Crippen LogP contribution in [0.3, 0.4) is 0 Å². The molecule has 0 atom stereocenters. The van der Waals surface area contributed by atoms with E-state index in [-0.39, 0.29) is 11.5 Å². The van der Waals surface area contributed by atoms with Crippen LogP contribution in [0.25, 0.3) is 10.4 Å². The molecule has 72 valence electrons. The van der Waals surface area contributed by atoms with Gasteiger partial charge >= 0.3 is 0 Å². The van der Waals surface area contributed by atoms with Crippen LogP contribution in [0.4, 0.5) is 0 Å². The average molecular weight is 207 g/mol. The Morgan fingerprint density at radius 2 is 2.00 bits per heavy atom. The number of aromatic hydroxyl groups is 2. The Morgan fingerprint density at radius 1 is 1.21 bits per heavy atom. The fraction of sp³-hybridized carbons (Fsp3) is 0.100. The highest BCUT2D eigenvalue weighted by molar-refractivity contribution is 7.15. The zero-order valence-electron chi connectivity index (χ0n) is 7.56. The summed E-state index contributed by atoms with van der Waals surface area (Å²) in [4.78, 5) is 5.10. The highest BCUT2D eigenvalue weighted by Gasteiger charge is 2.05. The summed E-state index contributed by atoms with van der Waals surface area (Å²) >= 11 is 1.55. The van der Waals surface area contributed by atoms with E-state index < -0.39 is 0 Å². The molecule has 1 heterocycles. The third kappa shape index (κ3) is 1.56. The van der Waals surface area contributed by atoms with Crippen molar-refractivity contribution in [1.82, 2.24) is 4.98 Å². The van der Waals surface area contributed by atoms with Crippen LogP contribution in [-0.2, 0) is 0 Å². The number of thiazole rings is 1. The largest absolute Gasteiger partial charge is 0.504 e. The van der Waals surface area contributed by atoms with Crippen LogP contribution >= 0.6 is 11.3 Å². The van der Waals surface area contributed by atoms with Crippen molar-refractivity contribution < 1.29 is 10.2 Å². The minimum Gasteiger partial charge on any atom is -0.504 e. The summed E-state index contributed by atoms with van der Waals surface area (Å²) in [6.07, 6.45) is 1.76. The minimum atomic E-state index is -0.103. The lowest BCUT2D eigenvalue weighted by atomic mass is 10.2. The Hall–Kier alpha value is -1.55. The van der Waals surface area contributed by atoms with Crippen molar-refractivity contribution in [3.8, 4) is 21.9 Å². The molecule has 0 spiro atoms. The number of benzene rings is 1. The maximum absolute atomic E-state index is 9.30. The van der Waals surface area contributed by atoms with E-state index in [0.717, 1.165) is 15.4 Å². The van der Waals surface area contributed by atoms with Crippen LogP contribution in [0.2, 0.25) is 0 Å². The average Bonchev–Trinajstić information content (AvgIpc) is 2.57. The number of nitrogens with zero attached hydrogens (tertiary/aromatic N) is 1. The van der Waals surface area contributed by atoms with E-state index in [1.54, 1.807) is 23.6 Å². The van der Waals surface area contributed by atoms with Gasteiger partial charge in [-0.1, -0.05) is 0 Å². The van der Waals surface area contributed by atoms with Crippen LogP contribution < -0.4 is 0 Å². The molecule has 14 heavy (non-hydrogen) atoms. The molecule has 4 heteroatoms. The van der Waals surface area contributed by atoms with E-state index in [2.05, 4.69) is 4.98 Å². The lowest BCUT2D eigenvalue weighted by Crippen LogP contribution is -1.73. The molecular weight excluding hydrogens is 198 g/mol. The molecule has 1 aromatic carbocycles. The number of phenols is 2. The van der Waals surface area contributed by atoms with Gasteiger partial charge in [-0.25, -0.2) is 4.98 Å². The summed E-state index contributed by atoms with van der Waals surface area (Å²) < 4.78 is 0. The van der Waals surface area contributed by atoms with Gasteiger partial charge in [0.15, 0.2) is 11.5 Å². The molecule has 1 aromatic heterocycles. The standard InChI is InChI=1S/C10H9NO2S/c1-6-11-5-10(14-6)7-2-3-8(12)9(13)4-7/h2-5,12-13H,1H3. The Balaban J connectivity index is 2.47. The van der Waals surface area contributed by atoms with Gasteiger partial charge < -0.3 is 10.2 Å². The van der Waals surface area contributed by atoms with Gasteiger partial charge in [-0.15, -0.1) is 11.3 Å². The van der Waals surface area contributed by atoms with Crippen molar-refractivity contribution in [3.05, 3.63) is 29.4 Å². The molecule has 0 bridgehead atoms. The molecule has 0 aliphatic carbocycles. The number of rotatable bonds is 1. The Bertz CT molecular complexity index is 465. The van der Waals surface area contributed by atoms with Gasteiger partial charge in [0, 0.05) is 6.20 Å². The molecule has 0 fully saturated rings. The van der Waals surface area contributed by atoms with Crippen LogP contribution in [0.5, 0.6) is 11.5 Å². The first-order valence-electron chi connectivity index (χ1n) is 4.11. The molecule has 2 rings (SSSR count). The molecule has 0 amide bonds. The first kappa shape index (κ1) is 9.02. The van der Waals surface area contributed by atoms with Gasteiger partial charge in [0.25, 0.3) is 0 Å². The topological polar surface area (TPSA) is 53.4 Å². The fourth-order valence-electron chi connectivity index (χ4n) is 1.17. The molecule has 2 N–H and O–H groups in total. The lowest BCUT2D eigenvalue weighted by Gasteiger charge is -1.99. The van der Waals surface area contributed by atoms with Crippen molar-refractivity contribution in [3.63, 3.8) is 0 Å². The number of phenolic OH excluding ortho intramolecular Hbond substituents is 2. The molecular formula is C10H9NO2S. The number of hydrogen-bond donors (Lipinski definition) is 2. The predicted molar refractivity (Wildman–Crippen MR) is 55.6 cm³/mol. The van der Waals surface area contributed by atoms with E-state index in [0.29, 0.717) is 0 Å². The molecule has 0 radical (unpaired) electrons. The molecule has 3 nitrogen and oxygen atoms in total. The first-order valence-corrected chi connectivity index (χ1v) is 4.93. The van der Waals surface area contributed by atoms with Gasteiger partial charge in [0.05, 0.1) is 9.88 Å². The smallest absolute Gasteiger partial charge is 0.158 e. The zero-order valence-corrected chi connectivity index (χ0v) is 8.38. The monoisotopic (exact) mass is 207 g/mol. The van der Waals surface area contributed by atoms with Crippen molar-refractivity contribution in [1.29, 1.82) is 0 Å². The number of aromatic nitrogens is 1. The highest BCUT2D eigenvalue weighted by atomic mass is 32.1. The van der Waals surface area contributed by atoms with E-state index in [1.165, 1.54) is 12.1 Å². The quantitative estimate of drug-likeness (QED) is 0.706. The van der Waals surface area contributed by atoms with Gasteiger partial charge in [0.2, 0.25) is 0 Å². The van der Waals surface area contributed by atoms with Crippen LogP contribution in [-0.4, -0.2) is 15.2 Å². The third-order valence-corrected chi connectivity index (χ3v) is 2.84. The molecule has 0 unspecified atom stereocenters. The SMILES string of the molecule is Cc1ncc(-c2ccc(O)c(O)c2)s1. The van der Waals surface area contributed by atoms with E-state index in [4.69, 9.17) is 5.11 Å². The number of hydrogen-bond acceptors (Lipinski definition) is 4. The van der Waals surface area contributed by atoms with Crippen molar-refractivity contribution >= 4 is 11.3 Å². The summed E-state index contributed by atoms with van der Waals surface area (Å²) in [5.41, 5.74) is 0.867. The molecule has 0 aliphatic rings. The van der Waals surface area contributed by atoms with Crippen molar-refractivity contribution in [2.45, 2.75) is 6.92 Å².